The monoisotopic (exact) mass is 624 g/mol. The van der Waals surface area contributed by atoms with E-state index in [1.54, 1.807) is 0 Å². The maximum Gasteiger partial charge on any atom is 0.182 e. The number of para-hydroxylation sites is 2. The van der Waals surface area contributed by atoms with Crippen molar-refractivity contribution in [2.45, 2.75) is 13.8 Å². The Morgan fingerprint density at radius 3 is 1.28 bits per heavy atom. The number of nitriles is 2. The lowest BCUT2D eigenvalue weighted by Crippen LogP contribution is -2.69. The molecule has 0 amide bonds. The van der Waals surface area contributed by atoms with Crippen molar-refractivity contribution >= 4 is 35.0 Å². The summed E-state index contributed by atoms with van der Waals surface area (Å²) in [6, 6.07) is 59.6. The van der Waals surface area contributed by atoms with Crippen LogP contribution in [0.25, 0.3) is 0 Å². The summed E-state index contributed by atoms with van der Waals surface area (Å²) in [7, 11) is -3.20. The first-order valence-electron chi connectivity index (χ1n) is 15.8. The van der Waals surface area contributed by atoms with Gasteiger partial charge in [0, 0.05) is 19.1 Å². The Kier molecular flexibility index (Phi) is 10.9. The number of likely N-dealkylation sites (N-methyl/N-ethyl adjacent to an activating group) is 1. The molecule has 0 saturated heterocycles. The molecule has 0 saturated carbocycles. The van der Waals surface area contributed by atoms with E-state index in [9.17, 15) is 10.5 Å². The van der Waals surface area contributed by atoms with Crippen molar-refractivity contribution in [2.24, 2.45) is 0 Å². The fourth-order valence-electron chi connectivity index (χ4n) is 6.12. The van der Waals surface area contributed by atoms with Gasteiger partial charge in [0.15, 0.2) is 13.6 Å². The summed E-state index contributed by atoms with van der Waals surface area (Å²) in [6.07, 6.45) is 1.97. The SMILES string of the molecule is CCN(CC)C(=C(C#N)C#N)/C(=C/C#CN(c1ccccc1)c1ccccc1)[Si](c1ccccc1)(c1ccccc1)c1ccccc1. The van der Waals surface area contributed by atoms with E-state index in [1.807, 2.05) is 89.8 Å². The molecule has 4 nitrogen and oxygen atoms in total. The van der Waals surface area contributed by atoms with Crippen LogP contribution in [0, 0.1) is 34.6 Å². The number of hydrogen-bond donors (Lipinski definition) is 0. The molecule has 5 heteroatoms. The standard InChI is InChI=1S/C42H36N4Si/c1-3-45(4-2)42(35(33-43)34-44)41(31-20-32-46(36-21-10-5-11-22-36)37-23-12-6-13-24-37)47(38-25-14-7-15-26-38,39-27-16-8-17-28-39)40-29-18-9-19-30-40/h5-19,21-31H,3-4H2,1-2H3/b41-31-. The van der Waals surface area contributed by atoms with Crippen molar-refractivity contribution in [2.75, 3.05) is 18.0 Å². The lowest BCUT2D eigenvalue weighted by atomic mass is 10.2. The Morgan fingerprint density at radius 2 is 0.936 bits per heavy atom. The first-order chi connectivity index (χ1) is 23.2. The Morgan fingerprint density at radius 1 is 0.574 bits per heavy atom. The number of anilines is 2. The molecular weight excluding hydrogens is 589 g/mol. The van der Waals surface area contributed by atoms with Crippen molar-refractivity contribution in [3.8, 4) is 24.1 Å². The summed E-state index contributed by atoms with van der Waals surface area (Å²) in [5.41, 5.74) is 2.58. The third-order valence-electron chi connectivity index (χ3n) is 8.24. The van der Waals surface area contributed by atoms with Crippen LogP contribution in [0.1, 0.15) is 13.8 Å². The molecule has 0 spiro atoms. The lowest BCUT2D eigenvalue weighted by Gasteiger charge is -2.39. The van der Waals surface area contributed by atoms with Crippen LogP contribution in [0.3, 0.4) is 0 Å². The average molecular weight is 625 g/mol. The predicted octanol–water partition coefficient (Wildman–Crippen LogP) is 7.06. The zero-order valence-corrected chi connectivity index (χ0v) is 27.7. The normalized spacial score (nSPS) is 10.9. The largest absolute Gasteiger partial charge is 0.370 e. The topological polar surface area (TPSA) is 54.1 Å². The van der Waals surface area contributed by atoms with Gasteiger partial charge in [0.05, 0.1) is 17.1 Å². The van der Waals surface area contributed by atoms with Crippen molar-refractivity contribution in [3.05, 3.63) is 174 Å². The fourth-order valence-corrected chi connectivity index (χ4v) is 11.1. The summed E-state index contributed by atoms with van der Waals surface area (Å²) in [4.78, 5) is 4.10. The van der Waals surface area contributed by atoms with Gasteiger partial charge in [-0.1, -0.05) is 133 Å². The van der Waals surface area contributed by atoms with Gasteiger partial charge < -0.3 is 4.90 Å². The van der Waals surface area contributed by atoms with Crippen LogP contribution < -0.4 is 20.5 Å². The molecule has 0 aliphatic rings. The number of hydrogen-bond acceptors (Lipinski definition) is 4. The molecule has 5 aromatic rings. The predicted molar refractivity (Wildman–Crippen MR) is 196 cm³/mol. The van der Waals surface area contributed by atoms with Crippen LogP contribution >= 0.6 is 0 Å². The summed E-state index contributed by atoms with van der Waals surface area (Å²) in [5.74, 6) is 3.45. The highest BCUT2D eigenvalue weighted by atomic mass is 28.3. The van der Waals surface area contributed by atoms with Gasteiger partial charge in [-0.3, -0.25) is 4.90 Å². The van der Waals surface area contributed by atoms with E-state index in [1.165, 1.54) is 0 Å². The van der Waals surface area contributed by atoms with Gasteiger partial charge >= 0.3 is 0 Å². The van der Waals surface area contributed by atoms with Gasteiger partial charge in [0.25, 0.3) is 0 Å². The molecule has 0 heterocycles. The summed E-state index contributed by atoms with van der Waals surface area (Å²) in [6.45, 7) is 5.35. The first-order valence-corrected chi connectivity index (χ1v) is 17.8. The van der Waals surface area contributed by atoms with Crippen LogP contribution in [-0.2, 0) is 0 Å². The molecule has 0 unspecified atom stereocenters. The molecule has 0 bridgehead atoms. The van der Waals surface area contributed by atoms with Gasteiger partial charge in [-0.2, -0.15) is 10.5 Å². The van der Waals surface area contributed by atoms with Gasteiger partial charge in [-0.25, -0.2) is 0 Å². The second-order valence-electron chi connectivity index (χ2n) is 10.8. The third kappa shape index (κ3) is 6.80. The quantitative estimate of drug-likeness (QED) is 0.0417. The second kappa shape index (κ2) is 15.8. The van der Waals surface area contributed by atoms with Crippen LogP contribution in [0.15, 0.2) is 174 Å². The van der Waals surface area contributed by atoms with Gasteiger partial charge in [-0.15, -0.1) is 0 Å². The molecule has 0 radical (unpaired) electrons. The molecule has 0 N–H and O–H groups in total. The van der Waals surface area contributed by atoms with Crippen molar-refractivity contribution < 1.29 is 0 Å². The van der Waals surface area contributed by atoms with E-state index in [0.29, 0.717) is 18.8 Å². The van der Waals surface area contributed by atoms with Crippen molar-refractivity contribution in [1.29, 1.82) is 10.5 Å². The van der Waals surface area contributed by atoms with E-state index in [0.717, 1.165) is 32.1 Å². The highest BCUT2D eigenvalue weighted by molar-refractivity contribution is 7.16. The zero-order chi connectivity index (χ0) is 32.9. The van der Waals surface area contributed by atoms with Crippen LogP contribution in [-0.4, -0.2) is 26.1 Å². The number of allylic oxidation sites excluding steroid dienone is 3. The molecule has 0 fully saturated rings. The molecule has 47 heavy (non-hydrogen) atoms. The molecule has 0 aliphatic carbocycles. The molecule has 228 valence electrons. The Balaban J connectivity index is 1.94. The summed E-state index contributed by atoms with van der Waals surface area (Å²) < 4.78 is 0. The van der Waals surface area contributed by atoms with Gasteiger partial charge in [-0.05, 0) is 64.9 Å². The smallest absolute Gasteiger partial charge is 0.182 e. The maximum atomic E-state index is 10.5. The Bertz CT molecular complexity index is 1810. The second-order valence-corrected chi connectivity index (χ2v) is 14.6. The average Bonchev–Trinajstić information content (AvgIpc) is 3.15. The minimum absolute atomic E-state index is 0.0735. The van der Waals surface area contributed by atoms with E-state index in [2.05, 4.69) is 116 Å². The highest BCUT2D eigenvalue weighted by Gasteiger charge is 2.46. The minimum Gasteiger partial charge on any atom is -0.370 e. The van der Waals surface area contributed by atoms with Gasteiger partial charge in [0.2, 0.25) is 0 Å². The molecular formula is C42H36N4Si. The summed E-state index contributed by atoms with van der Waals surface area (Å²) >= 11 is 0. The molecule has 0 atom stereocenters. The molecule has 0 aromatic heterocycles. The maximum absolute atomic E-state index is 10.5. The van der Waals surface area contributed by atoms with Crippen LogP contribution in [0.4, 0.5) is 11.4 Å². The lowest BCUT2D eigenvalue weighted by molar-refractivity contribution is 0.391. The van der Waals surface area contributed by atoms with E-state index in [-0.39, 0.29) is 5.57 Å². The summed E-state index contributed by atoms with van der Waals surface area (Å²) in [5, 5.41) is 25.2. The number of nitrogens with zero attached hydrogens (tertiary/aromatic N) is 4. The zero-order valence-electron chi connectivity index (χ0n) is 26.7. The first kappa shape index (κ1) is 32.3. The Labute approximate surface area is 279 Å². The van der Waals surface area contributed by atoms with Gasteiger partial charge in [0.1, 0.15) is 12.1 Å². The molecule has 5 rings (SSSR count). The fraction of sp³-hybridized carbons (Fsp3) is 0.0952. The number of rotatable bonds is 10. The Hall–Kier alpha value is -6.06. The third-order valence-corrected chi connectivity index (χ3v) is 13.0. The number of benzene rings is 5. The molecule has 0 aliphatic heterocycles. The molecule has 5 aromatic carbocycles. The highest BCUT2D eigenvalue weighted by Crippen LogP contribution is 2.29. The van der Waals surface area contributed by atoms with Crippen molar-refractivity contribution in [1.82, 2.24) is 4.90 Å². The van der Waals surface area contributed by atoms with Crippen LogP contribution in [0.2, 0.25) is 0 Å². The van der Waals surface area contributed by atoms with E-state index < -0.39 is 8.07 Å². The van der Waals surface area contributed by atoms with Crippen molar-refractivity contribution in [3.63, 3.8) is 0 Å². The minimum atomic E-state index is -3.20. The van der Waals surface area contributed by atoms with E-state index >= 15 is 0 Å². The van der Waals surface area contributed by atoms with E-state index in [4.69, 9.17) is 0 Å². The van der Waals surface area contributed by atoms with Crippen LogP contribution in [0.5, 0.6) is 0 Å².